The Bertz CT molecular complexity index is 732. The van der Waals surface area contributed by atoms with Crippen molar-refractivity contribution in [2.24, 2.45) is 0 Å². The van der Waals surface area contributed by atoms with Crippen molar-refractivity contribution in [1.82, 2.24) is 20.4 Å². The number of aromatic nitrogens is 2. The molecule has 136 valence electrons. The molecule has 0 aliphatic heterocycles. The van der Waals surface area contributed by atoms with Crippen LogP contribution in [0.4, 0.5) is 0 Å². The Kier molecular flexibility index (Phi) is 7.47. The molecule has 1 aliphatic carbocycles. The maximum absolute atomic E-state index is 12.6. The van der Waals surface area contributed by atoms with Crippen molar-refractivity contribution in [3.8, 4) is 5.69 Å². The lowest BCUT2D eigenvalue weighted by molar-refractivity contribution is 0.0947. The lowest BCUT2D eigenvalue weighted by Crippen LogP contribution is -2.28. The SMILES string of the molecule is CNCCCNC(=O)c1nn(-c2cccc(Br)c2)c2c1CCCC2.Cl. The Balaban J connectivity index is 0.00000225. The maximum Gasteiger partial charge on any atom is 0.272 e. The highest BCUT2D eigenvalue weighted by Gasteiger charge is 2.25. The Morgan fingerprint density at radius 1 is 1.28 bits per heavy atom. The average Bonchev–Trinajstić information content (AvgIpc) is 2.98. The fraction of sp³-hybridized carbons (Fsp3) is 0.444. The van der Waals surface area contributed by atoms with Crippen LogP contribution in [-0.2, 0) is 12.8 Å². The van der Waals surface area contributed by atoms with Crippen LogP contribution in [0.5, 0.6) is 0 Å². The number of nitrogens with zero attached hydrogens (tertiary/aromatic N) is 2. The minimum atomic E-state index is -0.0574. The van der Waals surface area contributed by atoms with Crippen LogP contribution in [0.15, 0.2) is 28.7 Å². The van der Waals surface area contributed by atoms with Crippen LogP contribution in [0.3, 0.4) is 0 Å². The first-order chi connectivity index (χ1) is 11.7. The third-order valence-electron chi connectivity index (χ3n) is 4.34. The van der Waals surface area contributed by atoms with Crippen molar-refractivity contribution >= 4 is 34.2 Å². The summed E-state index contributed by atoms with van der Waals surface area (Å²) in [6.45, 7) is 1.56. The highest BCUT2D eigenvalue weighted by atomic mass is 79.9. The fourth-order valence-electron chi connectivity index (χ4n) is 3.15. The molecule has 0 radical (unpaired) electrons. The molecule has 0 atom stereocenters. The normalized spacial score (nSPS) is 13.0. The third-order valence-corrected chi connectivity index (χ3v) is 4.83. The van der Waals surface area contributed by atoms with E-state index in [0.29, 0.717) is 12.2 Å². The van der Waals surface area contributed by atoms with Crippen molar-refractivity contribution < 1.29 is 4.79 Å². The molecule has 1 amide bonds. The van der Waals surface area contributed by atoms with E-state index < -0.39 is 0 Å². The van der Waals surface area contributed by atoms with E-state index in [9.17, 15) is 4.79 Å². The third kappa shape index (κ3) is 4.63. The Labute approximate surface area is 163 Å². The maximum atomic E-state index is 12.6. The second-order valence-corrected chi connectivity index (χ2v) is 7.00. The lowest BCUT2D eigenvalue weighted by Gasteiger charge is -2.14. The number of hydrogen-bond acceptors (Lipinski definition) is 3. The molecule has 0 saturated heterocycles. The summed E-state index contributed by atoms with van der Waals surface area (Å²) >= 11 is 3.51. The second kappa shape index (κ2) is 9.36. The number of halogens is 2. The molecule has 5 nitrogen and oxygen atoms in total. The Morgan fingerprint density at radius 2 is 2.08 bits per heavy atom. The zero-order valence-corrected chi connectivity index (χ0v) is 16.8. The fourth-order valence-corrected chi connectivity index (χ4v) is 3.54. The van der Waals surface area contributed by atoms with Gasteiger partial charge in [-0.1, -0.05) is 22.0 Å². The van der Waals surface area contributed by atoms with Crippen molar-refractivity contribution in [3.63, 3.8) is 0 Å². The van der Waals surface area contributed by atoms with E-state index in [1.165, 1.54) is 5.69 Å². The quantitative estimate of drug-likeness (QED) is 0.696. The number of benzene rings is 1. The second-order valence-electron chi connectivity index (χ2n) is 6.09. The van der Waals surface area contributed by atoms with Crippen LogP contribution in [0, 0.1) is 0 Å². The van der Waals surface area contributed by atoms with E-state index in [-0.39, 0.29) is 18.3 Å². The lowest BCUT2D eigenvalue weighted by atomic mass is 9.95. The summed E-state index contributed by atoms with van der Waals surface area (Å²) in [5, 5.41) is 10.8. The monoisotopic (exact) mass is 426 g/mol. The molecule has 1 aliphatic rings. The molecule has 1 aromatic heterocycles. The van der Waals surface area contributed by atoms with E-state index in [0.717, 1.165) is 54.4 Å². The van der Waals surface area contributed by atoms with Gasteiger partial charge in [0.05, 0.1) is 5.69 Å². The summed E-state index contributed by atoms with van der Waals surface area (Å²) in [5.74, 6) is -0.0574. The number of carbonyl (C=O) groups is 1. The van der Waals surface area contributed by atoms with Gasteiger partial charge in [-0.25, -0.2) is 4.68 Å². The predicted molar refractivity (Wildman–Crippen MR) is 106 cm³/mol. The van der Waals surface area contributed by atoms with Gasteiger partial charge in [-0.2, -0.15) is 5.10 Å². The predicted octanol–water partition coefficient (Wildman–Crippen LogP) is 3.27. The highest BCUT2D eigenvalue weighted by molar-refractivity contribution is 9.10. The van der Waals surface area contributed by atoms with Gasteiger partial charge in [0.1, 0.15) is 0 Å². The molecule has 0 fully saturated rings. The average molecular weight is 428 g/mol. The molecule has 0 saturated carbocycles. The standard InChI is InChI=1S/C18H23BrN4O.ClH/c1-20-10-5-11-21-18(24)17-15-8-2-3-9-16(15)23(22-17)14-7-4-6-13(19)12-14;/h4,6-7,12,20H,2-3,5,8-11H2,1H3,(H,21,24);1H. The number of nitrogens with one attached hydrogen (secondary N) is 2. The molecule has 1 heterocycles. The molecule has 0 spiro atoms. The van der Waals surface area contributed by atoms with E-state index in [1.807, 2.05) is 36.0 Å². The molecule has 25 heavy (non-hydrogen) atoms. The minimum Gasteiger partial charge on any atom is -0.351 e. The molecule has 2 N–H and O–H groups in total. The van der Waals surface area contributed by atoms with Crippen molar-refractivity contribution in [1.29, 1.82) is 0 Å². The molecule has 1 aromatic carbocycles. The van der Waals surface area contributed by atoms with Gasteiger partial charge >= 0.3 is 0 Å². The number of rotatable bonds is 6. The van der Waals surface area contributed by atoms with Gasteiger partial charge in [-0.3, -0.25) is 4.79 Å². The summed E-state index contributed by atoms with van der Waals surface area (Å²) in [4.78, 5) is 12.6. The summed E-state index contributed by atoms with van der Waals surface area (Å²) in [7, 11) is 1.91. The van der Waals surface area contributed by atoms with Crippen molar-refractivity contribution in [3.05, 3.63) is 45.7 Å². The topological polar surface area (TPSA) is 58.9 Å². The van der Waals surface area contributed by atoms with Gasteiger partial charge in [-0.15, -0.1) is 12.4 Å². The molecular weight excluding hydrogens is 404 g/mol. The van der Waals surface area contributed by atoms with Gasteiger partial charge < -0.3 is 10.6 Å². The van der Waals surface area contributed by atoms with Gasteiger partial charge in [0, 0.05) is 22.3 Å². The number of fused-ring (bicyclic) bond motifs is 1. The molecular formula is C18H24BrClN4O. The number of carbonyl (C=O) groups excluding carboxylic acids is 1. The van der Waals surface area contributed by atoms with Crippen molar-refractivity contribution in [2.75, 3.05) is 20.1 Å². The smallest absolute Gasteiger partial charge is 0.272 e. The number of hydrogen-bond donors (Lipinski definition) is 2. The summed E-state index contributed by atoms with van der Waals surface area (Å²) in [6, 6.07) is 8.06. The first kappa shape index (κ1) is 19.9. The molecule has 0 bridgehead atoms. The van der Waals surface area contributed by atoms with Crippen LogP contribution < -0.4 is 10.6 Å². The zero-order valence-electron chi connectivity index (χ0n) is 14.3. The van der Waals surface area contributed by atoms with Crippen LogP contribution in [0.25, 0.3) is 5.69 Å². The van der Waals surface area contributed by atoms with E-state index in [2.05, 4.69) is 31.7 Å². The van der Waals surface area contributed by atoms with Gasteiger partial charge in [0.15, 0.2) is 5.69 Å². The molecule has 3 rings (SSSR count). The number of amides is 1. The van der Waals surface area contributed by atoms with Gasteiger partial charge in [0.2, 0.25) is 0 Å². The summed E-state index contributed by atoms with van der Waals surface area (Å²) in [6.07, 6.45) is 5.09. The van der Waals surface area contributed by atoms with E-state index in [4.69, 9.17) is 0 Å². The molecule has 7 heteroatoms. The van der Waals surface area contributed by atoms with Crippen LogP contribution >= 0.6 is 28.3 Å². The zero-order chi connectivity index (χ0) is 16.9. The Morgan fingerprint density at radius 3 is 2.84 bits per heavy atom. The van der Waals surface area contributed by atoms with Crippen molar-refractivity contribution in [2.45, 2.75) is 32.1 Å². The summed E-state index contributed by atoms with van der Waals surface area (Å²) in [5.41, 5.74) is 3.89. The van der Waals surface area contributed by atoms with Crippen LogP contribution in [0.1, 0.15) is 41.0 Å². The van der Waals surface area contributed by atoms with Crippen LogP contribution in [-0.4, -0.2) is 35.8 Å². The van der Waals surface area contributed by atoms with Gasteiger partial charge in [-0.05, 0) is 63.9 Å². The summed E-state index contributed by atoms with van der Waals surface area (Å²) < 4.78 is 2.96. The van der Waals surface area contributed by atoms with E-state index in [1.54, 1.807) is 0 Å². The first-order valence-corrected chi connectivity index (χ1v) is 9.29. The first-order valence-electron chi connectivity index (χ1n) is 8.50. The molecule has 2 aromatic rings. The minimum absolute atomic E-state index is 0. The van der Waals surface area contributed by atoms with Gasteiger partial charge in [0.25, 0.3) is 5.91 Å². The largest absolute Gasteiger partial charge is 0.351 e. The van der Waals surface area contributed by atoms with Crippen LogP contribution in [0.2, 0.25) is 0 Å². The molecule has 0 unspecified atom stereocenters. The Hall–Kier alpha value is -1.37. The highest BCUT2D eigenvalue weighted by Crippen LogP contribution is 2.27. The van der Waals surface area contributed by atoms with E-state index >= 15 is 0 Å².